The van der Waals surface area contributed by atoms with Crippen molar-refractivity contribution in [3.05, 3.63) is 12.7 Å². The summed E-state index contributed by atoms with van der Waals surface area (Å²) >= 11 is 0. The van der Waals surface area contributed by atoms with Crippen LogP contribution in [0.5, 0.6) is 0 Å². The summed E-state index contributed by atoms with van der Waals surface area (Å²) in [7, 11) is -0.354. The summed E-state index contributed by atoms with van der Waals surface area (Å²) in [4.78, 5) is 1.75. The average Bonchev–Trinajstić information content (AvgIpc) is 1.83. The molecule has 0 saturated carbocycles. The van der Waals surface area contributed by atoms with Gasteiger partial charge in [-0.3, -0.25) is 4.55 Å². The number of hydrogen-bond acceptors (Lipinski definition) is 3. The van der Waals surface area contributed by atoms with Crippen molar-refractivity contribution in [2.75, 3.05) is 19.8 Å². The standard InChI is InChI=1S/C7H15NO3S/c1-4-5-7(8(2)3)6-12(9,10)11/h4,7H,1,5-6H2,2-3H3,(H,9,10,11). The van der Waals surface area contributed by atoms with Crippen molar-refractivity contribution in [3.63, 3.8) is 0 Å². The van der Waals surface area contributed by atoms with Gasteiger partial charge in [0.05, 0.1) is 5.75 Å². The van der Waals surface area contributed by atoms with Crippen LogP contribution >= 0.6 is 0 Å². The van der Waals surface area contributed by atoms with Crippen LogP contribution in [0.4, 0.5) is 0 Å². The molecule has 4 nitrogen and oxygen atoms in total. The topological polar surface area (TPSA) is 57.6 Å². The molecule has 0 aromatic rings. The zero-order valence-corrected chi connectivity index (χ0v) is 8.21. The molecule has 0 aromatic carbocycles. The van der Waals surface area contributed by atoms with E-state index in [-0.39, 0.29) is 11.8 Å². The number of rotatable bonds is 5. The molecule has 1 atom stereocenters. The predicted octanol–water partition coefficient (Wildman–Crippen LogP) is 0.381. The predicted molar refractivity (Wildman–Crippen MR) is 48.7 cm³/mol. The second-order valence-corrected chi connectivity index (χ2v) is 4.39. The molecule has 0 rings (SSSR count). The maximum Gasteiger partial charge on any atom is 0.266 e. The molecule has 1 N–H and O–H groups in total. The third-order valence-corrected chi connectivity index (χ3v) is 2.38. The molecule has 72 valence electrons. The van der Waals surface area contributed by atoms with Gasteiger partial charge in [-0.2, -0.15) is 8.42 Å². The zero-order chi connectivity index (χ0) is 9.78. The van der Waals surface area contributed by atoms with Gasteiger partial charge in [-0.25, -0.2) is 0 Å². The smallest absolute Gasteiger partial charge is 0.266 e. The van der Waals surface area contributed by atoms with Crippen LogP contribution in [0.3, 0.4) is 0 Å². The van der Waals surface area contributed by atoms with Crippen molar-refractivity contribution in [1.82, 2.24) is 4.90 Å². The van der Waals surface area contributed by atoms with Gasteiger partial charge in [0.25, 0.3) is 10.1 Å². The molecule has 1 unspecified atom stereocenters. The van der Waals surface area contributed by atoms with Gasteiger partial charge >= 0.3 is 0 Å². The van der Waals surface area contributed by atoms with Gasteiger partial charge in [-0.05, 0) is 20.5 Å². The average molecular weight is 193 g/mol. The minimum Gasteiger partial charge on any atom is -0.305 e. The van der Waals surface area contributed by atoms with Crippen molar-refractivity contribution in [2.24, 2.45) is 0 Å². The molecular weight excluding hydrogens is 178 g/mol. The molecule has 0 aromatic heterocycles. The highest BCUT2D eigenvalue weighted by atomic mass is 32.2. The van der Waals surface area contributed by atoms with Gasteiger partial charge in [0, 0.05) is 6.04 Å². The van der Waals surface area contributed by atoms with Crippen LogP contribution in [-0.4, -0.2) is 43.8 Å². The summed E-state index contributed by atoms with van der Waals surface area (Å²) < 4.78 is 29.6. The van der Waals surface area contributed by atoms with Crippen LogP contribution in [0.2, 0.25) is 0 Å². The van der Waals surface area contributed by atoms with Crippen LogP contribution in [0, 0.1) is 0 Å². The van der Waals surface area contributed by atoms with E-state index < -0.39 is 10.1 Å². The van der Waals surface area contributed by atoms with Gasteiger partial charge in [-0.1, -0.05) is 6.08 Å². The Labute approximate surface area is 73.6 Å². The summed E-state index contributed by atoms with van der Waals surface area (Å²) in [5.41, 5.74) is 0. The molecule has 0 radical (unpaired) electrons. The minimum atomic E-state index is -3.88. The van der Waals surface area contributed by atoms with E-state index in [2.05, 4.69) is 6.58 Å². The van der Waals surface area contributed by atoms with Crippen molar-refractivity contribution in [2.45, 2.75) is 12.5 Å². The lowest BCUT2D eigenvalue weighted by molar-refractivity contribution is 0.312. The third-order valence-electron chi connectivity index (χ3n) is 1.57. The highest BCUT2D eigenvalue weighted by Gasteiger charge is 2.16. The monoisotopic (exact) mass is 193 g/mol. The highest BCUT2D eigenvalue weighted by molar-refractivity contribution is 7.85. The van der Waals surface area contributed by atoms with Crippen LogP contribution in [0.1, 0.15) is 6.42 Å². The summed E-state index contributed by atoms with van der Waals surface area (Å²) in [5.74, 6) is -0.244. The van der Waals surface area contributed by atoms with Crippen LogP contribution in [0.25, 0.3) is 0 Å². The minimum absolute atomic E-state index is 0.197. The Kier molecular flexibility index (Phi) is 4.44. The summed E-state index contributed by atoms with van der Waals surface area (Å²) in [6.45, 7) is 3.51. The summed E-state index contributed by atoms with van der Waals surface area (Å²) in [6, 6.07) is -0.197. The van der Waals surface area contributed by atoms with Crippen molar-refractivity contribution in [3.8, 4) is 0 Å². The molecule has 5 heteroatoms. The van der Waals surface area contributed by atoms with Crippen molar-refractivity contribution in [1.29, 1.82) is 0 Å². The molecule has 12 heavy (non-hydrogen) atoms. The number of nitrogens with zero attached hydrogens (tertiary/aromatic N) is 1. The molecule has 0 aliphatic heterocycles. The van der Waals surface area contributed by atoms with Gasteiger partial charge in [-0.15, -0.1) is 6.58 Å². The first kappa shape index (κ1) is 11.6. The Morgan fingerprint density at radius 1 is 1.58 bits per heavy atom. The first-order chi connectivity index (χ1) is 5.37. The highest BCUT2D eigenvalue weighted by Crippen LogP contribution is 2.03. The van der Waals surface area contributed by atoms with Gasteiger partial charge in [0.1, 0.15) is 0 Å². The molecule has 0 saturated heterocycles. The van der Waals surface area contributed by atoms with Crippen LogP contribution in [0.15, 0.2) is 12.7 Å². The number of hydrogen-bond donors (Lipinski definition) is 1. The van der Waals surface area contributed by atoms with Crippen LogP contribution < -0.4 is 0 Å². The molecule has 0 fully saturated rings. The molecule has 0 heterocycles. The molecule has 0 amide bonds. The van der Waals surface area contributed by atoms with Gasteiger partial charge in [0.15, 0.2) is 0 Å². The van der Waals surface area contributed by atoms with Gasteiger partial charge < -0.3 is 4.90 Å². The molecule has 0 aliphatic carbocycles. The first-order valence-electron chi connectivity index (χ1n) is 3.59. The molecular formula is C7H15NO3S. The zero-order valence-electron chi connectivity index (χ0n) is 7.40. The fourth-order valence-electron chi connectivity index (χ4n) is 0.863. The van der Waals surface area contributed by atoms with Crippen LogP contribution in [-0.2, 0) is 10.1 Å². The largest absolute Gasteiger partial charge is 0.305 e. The van der Waals surface area contributed by atoms with E-state index in [0.29, 0.717) is 6.42 Å². The molecule has 0 aliphatic rings. The fourth-order valence-corrected chi connectivity index (χ4v) is 1.78. The maximum atomic E-state index is 10.5. The lowest BCUT2D eigenvalue weighted by atomic mass is 10.2. The van der Waals surface area contributed by atoms with E-state index in [0.717, 1.165) is 0 Å². The third kappa shape index (κ3) is 5.29. The normalized spacial score (nSPS) is 14.7. The lowest BCUT2D eigenvalue weighted by Crippen LogP contribution is -2.34. The van der Waals surface area contributed by atoms with Crippen molar-refractivity contribution < 1.29 is 13.0 Å². The Morgan fingerprint density at radius 3 is 2.33 bits per heavy atom. The Morgan fingerprint density at radius 2 is 2.08 bits per heavy atom. The molecule has 0 bridgehead atoms. The maximum absolute atomic E-state index is 10.5. The first-order valence-corrected chi connectivity index (χ1v) is 5.20. The second-order valence-electron chi connectivity index (χ2n) is 2.89. The van der Waals surface area contributed by atoms with E-state index in [9.17, 15) is 8.42 Å². The fraction of sp³-hybridized carbons (Fsp3) is 0.714. The Balaban J connectivity index is 4.23. The Hall–Kier alpha value is -0.390. The quantitative estimate of drug-likeness (QED) is 0.506. The summed E-state index contributed by atoms with van der Waals surface area (Å²) in [6.07, 6.45) is 2.18. The molecule has 0 spiro atoms. The van der Waals surface area contributed by atoms with Gasteiger partial charge in [0.2, 0.25) is 0 Å². The van der Waals surface area contributed by atoms with E-state index in [1.165, 1.54) is 0 Å². The van der Waals surface area contributed by atoms with E-state index >= 15 is 0 Å². The van der Waals surface area contributed by atoms with Crippen molar-refractivity contribution >= 4 is 10.1 Å². The van der Waals surface area contributed by atoms with E-state index in [1.807, 2.05) is 0 Å². The van der Waals surface area contributed by atoms with E-state index in [1.54, 1.807) is 25.1 Å². The Bertz CT molecular complexity index is 233. The van der Waals surface area contributed by atoms with E-state index in [4.69, 9.17) is 4.55 Å². The SMILES string of the molecule is C=CCC(CS(=O)(=O)O)N(C)C. The lowest BCUT2D eigenvalue weighted by Gasteiger charge is -2.21. The second kappa shape index (κ2) is 4.59. The summed E-state index contributed by atoms with van der Waals surface area (Å²) in [5, 5.41) is 0.